The van der Waals surface area contributed by atoms with Crippen LogP contribution in [0.3, 0.4) is 0 Å². The van der Waals surface area contributed by atoms with Crippen LogP contribution in [0.2, 0.25) is 20.1 Å². The highest BCUT2D eigenvalue weighted by Crippen LogP contribution is 2.27. The topological polar surface area (TPSA) is 49.4 Å². The Balaban J connectivity index is 1.87. The summed E-state index contributed by atoms with van der Waals surface area (Å²) in [6, 6.07) is 19.6. The zero-order valence-electron chi connectivity index (χ0n) is 21.2. The Labute approximate surface area is 249 Å². The quantitative estimate of drug-likeness (QED) is 0.226. The van der Waals surface area contributed by atoms with Crippen LogP contribution in [-0.2, 0) is 28.3 Å². The van der Waals surface area contributed by atoms with Crippen LogP contribution in [0.25, 0.3) is 0 Å². The lowest BCUT2D eigenvalue weighted by atomic mass is 10.0. The van der Waals surface area contributed by atoms with Crippen molar-refractivity contribution in [2.75, 3.05) is 12.3 Å². The Hall–Kier alpha value is -1.89. The van der Waals surface area contributed by atoms with Crippen molar-refractivity contribution in [3.8, 4) is 0 Å². The van der Waals surface area contributed by atoms with E-state index in [-0.39, 0.29) is 30.0 Å². The lowest BCUT2D eigenvalue weighted by Gasteiger charge is -2.32. The van der Waals surface area contributed by atoms with Crippen molar-refractivity contribution in [1.29, 1.82) is 0 Å². The van der Waals surface area contributed by atoms with Crippen LogP contribution in [0.1, 0.15) is 30.5 Å². The fourth-order valence-corrected chi connectivity index (χ4v) is 5.43. The van der Waals surface area contributed by atoms with Gasteiger partial charge in [0.25, 0.3) is 0 Å². The molecular weight excluding hydrogens is 582 g/mol. The molecule has 9 heteroatoms. The standard InChI is InChI=1S/C29H30Cl4N2O2S/c1-19(2)15-34-29(37)27(13-20-6-4-3-5-7-20)35(16-22-9-10-23(30)14-25(22)32)28(36)18-38-17-21-8-11-24(31)26(33)12-21/h3-12,14,19,27H,13,15-18H2,1-2H3,(H,34,37)/t27-/m1/s1. The van der Waals surface area contributed by atoms with Crippen LogP contribution in [0.15, 0.2) is 66.7 Å². The fourth-order valence-electron chi connectivity index (χ4n) is 3.78. The minimum Gasteiger partial charge on any atom is -0.354 e. The second-order valence-corrected chi connectivity index (χ2v) is 12.0. The van der Waals surface area contributed by atoms with Crippen molar-refractivity contribution in [3.63, 3.8) is 0 Å². The third kappa shape index (κ3) is 9.39. The molecule has 0 aliphatic heterocycles. The van der Waals surface area contributed by atoms with Gasteiger partial charge in [-0.05, 0) is 46.9 Å². The maximum absolute atomic E-state index is 13.7. The molecule has 0 saturated heterocycles. The average molecular weight is 612 g/mol. The van der Waals surface area contributed by atoms with Crippen LogP contribution in [0.5, 0.6) is 0 Å². The zero-order valence-corrected chi connectivity index (χ0v) is 25.1. The predicted molar refractivity (Wildman–Crippen MR) is 161 cm³/mol. The van der Waals surface area contributed by atoms with E-state index in [1.54, 1.807) is 35.2 Å². The van der Waals surface area contributed by atoms with Gasteiger partial charge in [-0.25, -0.2) is 0 Å². The third-order valence-corrected chi connectivity index (χ3v) is 8.10. The van der Waals surface area contributed by atoms with Crippen LogP contribution < -0.4 is 5.32 Å². The van der Waals surface area contributed by atoms with Gasteiger partial charge in [-0.3, -0.25) is 9.59 Å². The lowest BCUT2D eigenvalue weighted by Crippen LogP contribution is -2.51. The summed E-state index contributed by atoms with van der Waals surface area (Å²) in [5, 5.41) is 4.93. The highest BCUT2D eigenvalue weighted by atomic mass is 35.5. The number of carbonyl (C=O) groups excluding carboxylic acids is 2. The largest absolute Gasteiger partial charge is 0.354 e. The van der Waals surface area contributed by atoms with Crippen molar-refractivity contribution in [1.82, 2.24) is 10.2 Å². The van der Waals surface area contributed by atoms with Crippen molar-refractivity contribution >= 4 is 70.0 Å². The molecule has 0 aliphatic rings. The second kappa shape index (κ2) is 15.0. The van der Waals surface area contributed by atoms with Gasteiger partial charge in [-0.2, -0.15) is 0 Å². The van der Waals surface area contributed by atoms with Crippen LogP contribution in [0, 0.1) is 5.92 Å². The maximum Gasteiger partial charge on any atom is 0.243 e. The first-order chi connectivity index (χ1) is 18.1. The van der Waals surface area contributed by atoms with E-state index in [4.69, 9.17) is 46.4 Å². The van der Waals surface area contributed by atoms with Crippen LogP contribution in [-0.4, -0.2) is 35.1 Å². The van der Waals surface area contributed by atoms with Crippen molar-refractivity contribution in [2.45, 2.75) is 38.6 Å². The second-order valence-electron chi connectivity index (χ2n) is 9.34. The summed E-state index contributed by atoms with van der Waals surface area (Å²) in [6.45, 7) is 4.75. The Morgan fingerprint density at radius 2 is 1.61 bits per heavy atom. The number of halogens is 4. The SMILES string of the molecule is CC(C)CNC(=O)[C@@H](Cc1ccccc1)N(Cc1ccc(Cl)cc1Cl)C(=O)CSCc1ccc(Cl)c(Cl)c1. The molecule has 0 fully saturated rings. The summed E-state index contributed by atoms with van der Waals surface area (Å²) in [5.74, 6) is 0.653. The molecule has 3 rings (SSSR count). The summed E-state index contributed by atoms with van der Waals surface area (Å²) in [7, 11) is 0. The Bertz CT molecular complexity index is 1240. The first-order valence-electron chi connectivity index (χ1n) is 12.2. The van der Waals surface area contributed by atoms with Gasteiger partial charge >= 0.3 is 0 Å². The molecule has 1 atom stereocenters. The lowest BCUT2D eigenvalue weighted by molar-refractivity contribution is -0.139. The molecule has 0 radical (unpaired) electrons. The average Bonchev–Trinajstić information content (AvgIpc) is 2.88. The minimum absolute atomic E-state index is 0.165. The van der Waals surface area contributed by atoms with Gasteiger partial charge in [0.2, 0.25) is 11.8 Å². The van der Waals surface area contributed by atoms with Gasteiger partial charge in [0.15, 0.2) is 0 Å². The van der Waals surface area contributed by atoms with Crippen LogP contribution in [0.4, 0.5) is 0 Å². The zero-order chi connectivity index (χ0) is 27.7. The summed E-state index contributed by atoms with van der Waals surface area (Å²) in [6.07, 6.45) is 0.374. The molecule has 0 unspecified atom stereocenters. The Morgan fingerprint density at radius 3 is 2.26 bits per heavy atom. The molecule has 0 spiro atoms. The predicted octanol–water partition coefficient (Wildman–Crippen LogP) is 7.95. The number of benzene rings is 3. The molecule has 2 amide bonds. The summed E-state index contributed by atoms with van der Waals surface area (Å²) in [5.41, 5.74) is 2.63. The van der Waals surface area contributed by atoms with E-state index in [0.717, 1.165) is 11.1 Å². The summed E-state index contributed by atoms with van der Waals surface area (Å²) < 4.78 is 0. The maximum atomic E-state index is 13.7. The van der Waals surface area contributed by atoms with E-state index in [9.17, 15) is 9.59 Å². The molecule has 4 nitrogen and oxygen atoms in total. The van der Waals surface area contributed by atoms with Crippen molar-refractivity contribution in [2.24, 2.45) is 5.92 Å². The number of hydrogen-bond donors (Lipinski definition) is 1. The van der Waals surface area contributed by atoms with Gasteiger partial charge in [-0.15, -0.1) is 11.8 Å². The van der Waals surface area contributed by atoms with E-state index < -0.39 is 6.04 Å². The van der Waals surface area contributed by atoms with E-state index in [2.05, 4.69) is 5.32 Å². The molecule has 0 heterocycles. The number of nitrogens with one attached hydrogen (secondary N) is 1. The summed E-state index contributed by atoms with van der Waals surface area (Å²) >= 11 is 26.2. The molecule has 0 saturated carbocycles. The molecule has 1 N–H and O–H groups in total. The Kier molecular flexibility index (Phi) is 12.1. The fraction of sp³-hybridized carbons (Fsp3) is 0.310. The van der Waals surface area contributed by atoms with Gasteiger partial charge in [0.1, 0.15) is 6.04 Å². The number of carbonyl (C=O) groups is 2. The molecule has 0 bridgehead atoms. The highest BCUT2D eigenvalue weighted by molar-refractivity contribution is 7.99. The number of hydrogen-bond acceptors (Lipinski definition) is 3. The van der Waals surface area contributed by atoms with Gasteiger partial charge in [0.05, 0.1) is 15.8 Å². The van der Waals surface area contributed by atoms with Gasteiger partial charge < -0.3 is 10.2 Å². The molecule has 3 aromatic carbocycles. The molecule has 202 valence electrons. The van der Waals surface area contributed by atoms with Gasteiger partial charge in [-0.1, -0.05) is 103 Å². The highest BCUT2D eigenvalue weighted by Gasteiger charge is 2.30. The minimum atomic E-state index is -0.721. The monoisotopic (exact) mass is 610 g/mol. The molecule has 0 aliphatic carbocycles. The van der Waals surface area contributed by atoms with E-state index in [1.165, 1.54) is 11.8 Å². The molecule has 0 aromatic heterocycles. The number of rotatable bonds is 12. The molecule has 3 aromatic rings. The Morgan fingerprint density at radius 1 is 0.868 bits per heavy atom. The first-order valence-corrected chi connectivity index (χ1v) is 14.9. The van der Waals surface area contributed by atoms with Gasteiger partial charge in [0, 0.05) is 35.3 Å². The number of thioether (sulfide) groups is 1. The number of amides is 2. The smallest absolute Gasteiger partial charge is 0.243 e. The summed E-state index contributed by atoms with van der Waals surface area (Å²) in [4.78, 5) is 28.8. The first kappa shape index (κ1) is 30.6. The molecular formula is C29H30Cl4N2O2S. The van der Waals surface area contributed by atoms with Crippen molar-refractivity contribution < 1.29 is 9.59 Å². The third-order valence-electron chi connectivity index (χ3n) is 5.79. The normalized spacial score (nSPS) is 11.9. The number of nitrogens with zero attached hydrogens (tertiary/aromatic N) is 1. The van der Waals surface area contributed by atoms with E-state index in [0.29, 0.717) is 44.4 Å². The van der Waals surface area contributed by atoms with E-state index >= 15 is 0 Å². The van der Waals surface area contributed by atoms with Crippen LogP contribution >= 0.6 is 58.2 Å². The van der Waals surface area contributed by atoms with Crippen molar-refractivity contribution in [3.05, 3.63) is 104 Å². The van der Waals surface area contributed by atoms with E-state index in [1.807, 2.05) is 50.2 Å². The molecule has 38 heavy (non-hydrogen) atoms.